The molecule has 17 heavy (non-hydrogen) atoms. The number of hydrogen-bond acceptors (Lipinski definition) is 6. The van der Waals surface area contributed by atoms with Crippen molar-refractivity contribution in [3.05, 3.63) is 6.33 Å². The molecule has 6 heteroatoms. The van der Waals surface area contributed by atoms with Crippen molar-refractivity contribution in [3.63, 3.8) is 0 Å². The van der Waals surface area contributed by atoms with Gasteiger partial charge in [0.25, 0.3) is 0 Å². The summed E-state index contributed by atoms with van der Waals surface area (Å²) in [6.45, 7) is 4.47. The third-order valence-electron chi connectivity index (χ3n) is 2.63. The lowest BCUT2D eigenvalue weighted by Crippen LogP contribution is -2.27. The summed E-state index contributed by atoms with van der Waals surface area (Å²) >= 11 is 1.98. The second kappa shape index (κ2) is 5.95. The normalized spacial score (nSPS) is 16.6. The zero-order chi connectivity index (χ0) is 12.1. The maximum absolute atomic E-state index is 6.05. The predicted molar refractivity (Wildman–Crippen MR) is 71.8 cm³/mol. The van der Waals surface area contributed by atoms with Crippen LogP contribution in [0, 0.1) is 0 Å². The van der Waals surface area contributed by atoms with Gasteiger partial charge in [0.1, 0.15) is 12.0 Å². The molecule has 2 heterocycles. The second-order valence-electron chi connectivity index (χ2n) is 3.80. The van der Waals surface area contributed by atoms with Crippen LogP contribution in [0.4, 0.5) is 11.5 Å². The van der Waals surface area contributed by atoms with Crippen LogP contribution < -0.4 is 15.4 Å². The van der Waals surface area contributed by atoms with E-state index >= 15 is 0 Å². The van der Waals surface area contributed by atoms with E-state index in [4.69, 9.17) is 10.5 Å². The van der Waals surface area contributed by atoms with Crippen molar-refractivity contribution in [1.29, 1.82) is 0 Å². The Hall–Kier alpha value is -1.17. The molecule has 1 aliphatic rings. The average Bonchev–Trinajstić information content (AvgIpc) is 2.61. The molecule has 0 radical (unpaired) electrons. The molecule has 0 amide bonds. The highest BCUT2D eigenvalue weighted by Gasteiger charge is 2.17. The van der Waals surface area contributed by atoms with E-state index in [0.29, 0.717) is 18.2 Å². The van der Waals surface area contributed by atoms with Crippen LogP contribution in [0.25, 0.3) is 0 Å². The molecule has 0 bridgehead atoms. The maximum atomic E-state index is 6.05. The van der Waals surface area contributed by atoms with E-state index in [-0.39, 0.29) is 0 Å². The summed E-state index contributed by atoms with van der Waals surface area (Å²) in [5.74, 6) is 3.63. The summed E-state index contributed by atoms with van der Waals surface area (Å²) in [6.07, 6.45) is 2.69. The molecule has 0 aromatic carbocycles. The van der Waals surface area contributed by atoms with Crippen molar-refractivity contribution < 1.29 is 4.74 Å². The van der Waals surface area contributed by atoms with Crippen LogP contribution in [-0.4, -0.2) is 41.2 Å². The molecule has 1 saturated heterocycles. The Balaban J connectivity index is 2.21. The Kier molecular flexibility index (Phi) is 4.30. The van der Waals surface area contributed by atoms with Crippen molar-refractivity contribution in [2.24, 2.45) is 0 Å². The van der Waals surface area contributed by atoms with Gasteiger partial charge in [-0.1, -0.05) is 0 Å². The largest absolute Gasteiger partial charge is 0.476 e. The van der Waals surface area contributed by atoms with Crippen molar-refractivity contribution in [2.45, 2.75) is 13.3 Å². The molecular weight excluding hydrogens is 236 g/mol. The Morgan fingerprint density at radius 2 is 2.29 bits per heavy atom. The minimum atomic E-state index is 0.495. The first-order valence-corrected chi connectivity index (χ1v) is 7.04. The van der Waals surface area contributed by atoms with Crippen molar-refractivity contribution in [1.82, 2.24) is 9.97 Å². The minimum Gasteiger partial charge on any atom is -0.476 e. The van der Waals surface area contributed by atoms with E-state index in [2.05, 4.69) is 14.9 Å². The van der Waals surface area contributed by atoms with Crippen LogP contribution in [0.15, 0.2) is 6.33 Å². The van der Waals surface area contributed by atoms with Gasteiger partial charge < -0.3 is 15.4 Å². The number of ether oxygens (including phenoxy) is 1. The summed E-state index contributed by atoms with van der Waals surface area (Å²) in [7, 11) is 0. The summed E-state index contributed by atoms with van der Waals surface area (Å²) in [5.41, 5.74) is 6.61. The summed E-state index contributed by atoms with van der Waals surface area (Å²) < 4.78 is 5.39. The quantitative estimate of drug-likeness (QED) is 0.879. The minimum absolute atomic E-state index is 0.495. The molecule has 0 spiro atoms. The van der Waals surface area contributed by atoms with Crippen molar-refractivity contribution in [3.8, 4) is 5.88 Å². The first kappa shape index (κ1) is 12.3. The third kappa shape index (κ3) is 2.94. The van der Waals surface area contributed by atoms with Gasteiger partial charge in [0.15, 0.2) is 5.82 Å². The molecule has 0 atom stereocenters. The number of rotatable bonds is 3. The number of nitrogens with two attached hydrogens (primary N) is 1. The van der Waals surface area contributed by atoms with E-state index in [1.807, 2.05) is 18.7 Å². The van der Waals surface area contributed by atoms with E-state index in [1.165, 1.54) is 12.1 Å². The lowest BCUT2D eigenvalue weighted by atomic mass is 10.3. The lowest BCUT2D eigenvalue weighted by molar-refractivity contribution is 0.328. The highest BCUT2D eigenvalue weighted by molar-refractivity contribution is 7.99. The van der Waals surface area contributed by atoms with Crippen LogP contribution in [0.3, 0.4) is 0 Å². The smallest absolute Gasteiger partial charge is 0.242 e. The highest BCUT2D eigenvalue weighted by Crippen LogP contribution is 2.29. The predicted octanol–water partition coefficient (Wildman–Crippen LogP) is 1.40. The fourth-order valence-electron chi connectivity index (χ4n) is 1.83. The average molecular weight is 254 g/mol. The summed E-state index contributed by atoms with van der Waals surface area (Å²) in [4.78, 5) is 10.6. The number of nitrogen functional groups attached to an aromatic ring is 1. The van der Waals surface area contributed by atoms with Gasteiger partial charge in [0, 0.05) is 18.8 Å². The molecule has 5 nitrogen and oxygen atoms in total. The van der Waals surface area contributed by atoms with Gasteiger partial charge in [0.2, 0.25) is 5.88 Å². The Morgan fingerprint density at radius 3 is 3.12 bits per heavy atom. The Morgan fingerprint density at radius 1 is 1.41 bits per heavy atom. The molecule has 1 aliphatic heterocycles. The Labute approximate surface area is 106 Å². The van der Waals surface area contributed by atoms with Crippen LogP contribution in [-0.2, 0) is 0 Å². The highest BCUT2D eigenvalue weighted by atomic mass is 32.2. The molecule has 0 unspecified atom stereocenters. The number of aromatic nitrogens is 2. The summed E-state index contributed by atoms with van der Waals surface area (Å²) in [6, 6.07) is 0. The monoisotopic (exact) mass is 254 g/mol. The van der Waals surface area contributed by atoms with Gasteiger partial charge in [-0.25, -0.2) is 4.98 Å². The lowest BCUT2D eigenvalue weighted by Gasteiger charge is -2.22. The number of nitrogens with zero attached hydrogens (tertiary/aromatic N) is 3. The van der Waals surface area contributed by atoms with Gasteiger partial charge in [-0.3, -0.25) is 0 Å². The first-order valence-electron chi connectivity index (χ1n) is 5.89. The van der Waals surface area contributed by atoms with Gasteiger partial charge in [0.05, 0.1) is 6.61 Å². The number of thioether (sulfide) groups is 1. The maximum Gasteiger partial charge on any atom is 0.242 e. The SMILES string of the molecule is CCOc1ncnc(N2CCCSCC2)c1N. The zero-order valence-corrected chi connectivity index (χ0v) is 10.9. The van der Waals surface area contributed by atoms with Gasteiger partial charge in [-0.05, 0) is 19.1 Å². The topological polar surface area (TPSA) is 64.3 Å². The van der Waals surface area contributed by atoms with Crippen LogP contribution in [0.5, 0.6) is 5.88 Å². The third-order valence-corrected chi connectivity index (χ3v) is 3.68. The molecular formula is C11H18N4OS. The van der Waals surface area contributed by atoms with Crippen LogP contribution >= 0.6 is 11.8 Å². The molecule has 1 aromatic heterocycles. The van der Waals surface area contributed by atoms with Crippen molar-refractivity contribution in [2.75, 3.05) is 41.8 Å². The van der Waals surface area contributed by atoms with E-state index in [1.54, 1.807) is 0 Å². The number of anilines is 2. The van der Waals surface area contributed by atoms with Gasteiger partial charge >= 0.3 is 0 Å². The molecule has 2 rings (SSSR count). The Bertz CT molecular complexity index is 366. The fraction of sp³-hybridized carbons (Fsp3) is 0.636. The van der Waals surface area contributed by atoms with E-state index in [9.17, 15) is 0 Å². The number of hydrogen-bond donors (Lipinski definition) is 1. The molecule has 2 N–H and O–H groups in total. The summed E-state index contributed by atoms with van der Waals surface area (Å²) in [5, 5.41) is 0. The van der Waals surface area contributed by atoms with Crippen LogP contribution in [0.1, 0.15) is 13.3 Å². The molecule has 0 aliphatic carbocycles. The van der Waals surface area contributed by atoms with Gasteiger partial charge in [-0.15, -0.1) is 0 Å². The molecule has 0 saturated carbocycles. The molecule has 94 valence electrons. The fourth-order valence-corrected chi connectivity index (χ4v) is 2.72. The van der Waals surface area contributed by atoms with E-state index < -0.39 is 0 Å². The standard InChI is InChI=1S/C11H18N4OS/c1-2-16-11-9(12)10(13-8-14-11)15-4-3-6-17-7-5-15/h8H,2-7,12H2,1H3. The van der Waals surface area contributed by atoms with E-state index in [0.717, 1.165) is 31.1 Å². The van der Waals surface area contributed by atoms with Gasteiger partial charge in [-0.2, -0.15) is 16.7 Å². The molecule has 1 fully saturated rings. The molecule has 1 aromatic rings. The van der Waals surface area contributed by atoms with Crippen molar-refractivity contribution >= 4 is 23.3 Å². The first-order chi connectivity index (χ1) is 8.33. The zero-order valence-electron chi connectivity index (χ0n) is 10.1. The second-order valence-corrected chi connectivity index (χ2v) is 5.03. The van der Waals surface area contributed by atoms with Crippen LogP contribution in [0.2, 0.25) is 0 Å².